The Morgan fingerprint density at radius 1 is 1.38 bits per heavy atom. The van der Waals surface area contributed by atoms with Gasteiger partial charge in [-0.2, -0.15) is 0 Å². The number of rotatable bonds is 6. The largest absolute Gasteiger partial charge is 0.492 e. The van der Waals surface area contributed by atoms with Gasteiger partial charge in [-0.3, -0.25) is 4.79 Å². The molecule has 0 saturated heterocycles. The number of anilines is 1. The third-order valence-electron chi connectivity index (χ3n) is 3.24. The molecule has 110 valence electrons. The van der Waals surface area contributed by atoms with Crippen molar-refractivity contribution in [3.05, 3.63) is 41.8 Å². The minimum atomic E-state index is -0.277. The van der Waals surface area contributed by atoms with Crippen molar-refractivity contribution in [3.63, 3.8) is 0 Å². The van der Waals surface area contributed by atoms with E-state index in [1.165, 1.54) is 0 Å². The highest BCUT2D eigenvalue weighted by Gasteiger charge is 2.28. The molecule has 1 saturated carbocycles. The summed E-state index contributed by atoms with van der Waals surface area (Å²) in [6.45, 7) is 0.933. The number of hydrogen-bond donors (Lipinski definition) is 2. The highest BCUT2D eigenvalue weighted by Crippen LogP contribution is 2.40. The maximum atomic E-state index is 12.0. The van der Waals surface area contributed by atoms with Gasteiger partial charge in [0.05, 0.1) is 0 Å². The van der Waals surface area contributed by atoms with Gasteiger partial charge in [-0.1, -0.05) is 5.16 Å². The van der Waals surface area contributed by atoms with Crippen LogP contribution < -0.4 is 15.8 Å². The van der Waals surface area contributed by atoms with Gasteiger partial charge in [0.25, 0.3) is 5.91 Å². The summed E-state index contributed by atoms with van der Waals surface area (Å²) < 4.78 is 10.5. The van der Waals surface area contributed by atoms with Gasteiger partial charge in [-0.25, -0.2) is 0 Å². The van der Waals surface area contributed by atoms with E-state index < -0.39 is 0 Å². The summed E-state index contributed by atoms with van der Waals surface area (Å²) in [6.07, 6.45) is 2.22. The lowest BCUT2D eigenvalue weighted by atomic mass is 10.2. The van der Waals surface area contributed by atoms with E-state index in [4.69, 9.17) is 15.0 Å². The number of carbonyl (C=O) groups excluding carboxylic acids is 1. The van der Waals surface area contributed by atoms with Crippen LogP contribution in [0.4, 0.5) is 5.69 Å². The maximum absolute atomic E-state index is 12.0. The number of amides is 1. The molecule has 1 amide bonds. The fraction of sp³-hybridized carbons (Fsp3) is 0.333. The van der Waals surface area contributed by atoms with Crippen molar-refractivity contribution in [2.75, 3.05) is 18.5 Å². The number of hydrogen-bond acceptors (Lipinski definition) is 5. The Hall–Kier alpha value is -2.34. The molecule has 0 spiro atoms. The van der Waals surface area contributed by atoms with Crippen molar-refractivity contribution in [1.82, 2.24) is 5.16 Å². The molecular formula is C15H17N3O3. The lowest BCUT2D eigenvalue weighted by Gasteiger charge is -2.06. The topological polar surface area (TPSA) is 90.4 Å². The quantitative estimate of drug-likeness (QED) is 0.849. The van der Waals surface area contributed by atoms with Crippen LogP contribution >= 0.6 is 0 Å². The molecule has 1 aliphatic carbocycles. The third-order valence-corrected chi connectivity index (χ3v) is 3.24. The van der Waals surface area contributed by atoms with Crippen LogP contribution in [0.5, 0.6) is 5.75 Å². The molecule has 0 unspecified atom stereocenters. The molecule has 1 heterocycles. The molecule has 0 aliphatic heterocycles. The average molecular weight is 287 g/mol. The number of ether oxygens (including phenoxy) is 1. The number of nitrogens with two attached hydrogens (primary N) is 1. The van der Waals surface area contributed by atoms with Crippen molar-refractivity contribution in [3.8, 4) is 5.75 Å². The smallest absolute Gasteiger partial charge is 0.277 e. The summed E-state index contributed by atoms with van der Waals surface area (Å²) in [4.78, 5) is 12.0. The molecule has 3 rings (SSSR count). The Kier molecular flexibility index (Phi) is 3.87. The first-order valence-electron chi connectivity index (χ1n) is 6.97. The van der Waals surface area contributed by atoms with E-state index in [0.717, 1.165) is 24.4 Å². The lowest BCUT2D eigenvalue weighted by molar-refractivity contribution is 0.101. The Bertz CT molecular complexity index is 617. The predicted octanol–water partition coefficient (Wildman–Crippen LogP) is 2.14. The van der Waals surface area contributed by atoms with Gasteiger partial charge in [0.2, 0.25) is 0 Å². The predicted molar refractivity (Wildman–Crippen MR) is 77.4 cm³/mol. The monoisotopic (exact) mass is 287 g/mol. The van der Waals surface area contributed by atoms with Crippen molar-refractivity contribution in [2.45, 2.75) is 18.8 Å². The maximum Gasteiger partial charge on any atom is 0.277 e. The molecule has 1 aromatic heterocycles. The lowest BCUT2D eigenvalue weighted by Crippen LogP contribution is -2.12. The van der Waals surface area contributed by atoms with Crippen LogP contribution in [0.25, 0.3) is 0 Å². The van der Waals surface area contributed by atoms with Crippen LogP contribution in [0.15, 0.2) is 34.9 Å². The second-order valence-electron chi connectivity index (χ2n) is 5.00. The zero-order valence-corrected chi connectivity index (χ0v) is 11.5. The second kappa shape index (κ2) is 5.97. The van der Waals surface area contributed by atoms with E-state index >= 15 is 0 Å². The summed E-state index contributed by atoms with van der Waals surface area (Å²) in [6, 6.07) is 8.82. The van der Waals surface area contributed by atoms with E-state index in [9.17, 15) is 4.79 Å². The Balaban J connectivity index is 1.60. The number of benzene rings is 1. The van der Waals surface area contributed by atoms with Gasteiger partial charge < -0.3 is 20.3 Å². The zero-order chi connectivity index (χ0) is 14.7. The Morgan fingerprint density at radius 2 is 2.14 bits per heavy atom. The molecule has 1 fully saturated rings. The summed E-state index contributed by atoms with van der Waals surface area (Å²) in [5.41, 5.74) is 6.35. The van der Waals surface area contributed by atoms with E-state index in [2.05, 4.69) is 10.5 Å². The molecule has 0 atom stereocenters. The van der Waals surface area contributed by atoms with Gasteiger partial charge in [0, 0.05) is 24.2 Å². The molecule has 6 nitrogen and oxygen atoms in total. The van der Waals surface area contributed by atoms with Crippen molar-refractivity contribution in [1.29, 1.82) is 0 Å². The van der Waals surface area contributed by atoms with E-state index in [0.29, 0.717) is 30.5 Å². The SMILES string of the molecule is NCCOc1ccc(NC(=O)c2cc(C3CC3)on2)cc1. The minimum Gasteiger partial charge on any atom is -0.492 e. The zero-order valence-electron chi connectivity index (χ0n) is 11.5. The van der Waals surface area contributed by atoms with Gasteiger partial charge >= 0.3 is 0 Å². The molecule has 1 aliphatic rings. The minimum absolute atomic E-state index is 0.277. The highest BCUT2D eigenvalue weighted by atomic mass is 16.5. The van der Waals surface area contributed by atoms with Crippen LogP contribution in [0.2, 0.25) is 0 Å². The summed E-state index contributed by atoms with van der Waals surface area (Å²) in [5.74, 6) is 1.68. The van der Waals surface area contributed by atoms with Gasteiger partial charge in [0.15, 0.2) is 5.69 Å². The molecule has 3 N–H and O–H groups in total. The van der Waals surface area contributed by atoms with Gasteiger partial charge in [-0.05, 0) is 37.1 Å². The van der Waals surface area contributed by atoms with Crippen LogP contribution in [-0.4, -0.2) is 24.2 Å². The van der Waals surface area contributed by atoms with Crippen LogP contribution in [0.1, 0.15) is 35.0 Å². The molecular weight excluding hydrogens is 270 g/mol. The van der Waals surface area contributed by atoms with Crippen molar-refractivity contribution in [2.24, 2.45) is 5.73 Å². The molecule has 1 aromatic carbocycles. The van der Waals surface area contributed by atoms with Crippen molar-refractivity contribution >= 4 is 11.6 Å². The van der Waals surface area contributed by atoms with Crippen LogP contribution in [0.3, 0.4) is 0 Å². The number of carbonyl (C=O) groups is 1. The Morgan fingerprint density at radius 3 is 2.81 bits per heavy atom. The first-order chi connectivity index (χ1) is 10.3. The van der Waals surface area contributed by atoms with Gasteiger partial charge in [0.1, 0.15) is 18.1 Å². The molecule has 0 radical (unpaired) electrons. The van der Waals surface area contributed by atoms with Crippen LogP contribution in [-0.2, 0) is 0 Å². The molecule has 0 bridgehead atoms. The standard InChI is InChI=1S/C15H17N3O3/c16-7-8-20-12-5-3-11(4-6-12)17-15(19)13-9-14(21-18-13)10-1-2-10/h3-6,9-10H,1-2,7-8,16H2,(H,17,19). The summed E-state index contributed by atoms with van der Waals surface area (Å²) in [5, 5.41) is 6.58. The number of nitrogens with zero attached hydrogens (tertiary/aromatic N) is 1. The Labute approximate surface area is 122 Å². The number of nitrogens with one attached hydrogen (secondary N) is 1. The number of aromatic nitrogens is 1. The van der Waals surface area contributed by atoms with Crippen molar-refractivity contribution < 1.29 is 14.1 Å². The van der Waals surface area contributed by atoms with Crippen LogP contribution in [0, 0.1) is 0 Å². The highest BCUT2D eigenvalue weighted by molar-refractivity contribution is 6.02. The second-order valence-corrected chi connectivity index (χ2v) is 5.00. The first-order valence-corrected chi connectivity index (χ1v) is 6.97. The average Bonchev–Trinajstić information content (AvgIpc) is 3.23. The van der Waals surface area contributed by atoms with E-state index in [1.54, 1.807) is 30.3 Å². The molecule has 2 aromatic rings. The van der Waals surface area contributed by atoms with E-state index in [-0.39, 0.29) is 5.91 Å². The first kappa shape index (κ1) is 13.6. The fourth-order valence-corrected chi connectivity index (χ4v) is 1.96. The summed E-state index contributed by atoms with van der Waals surface area (Å²) in [7, 11) is 0. The summed E-state index contributed by atoms with van der Waals surface area (Å²) >= 11 is 0. The van der Waals surface area contributed by atoms with E-state index in [1.807, 2.05) is 0 Å². The normalized spacial score (nSPS) is 14.0. The fourth-order valence-electron chi connectivity index (χ4n) is 1.96. The third kappa shape index (κ3) is 3.41. The molecule has 21 heavy (non-hydrogen) atoms. The molecule has 6 heteroatoms. The van der Waals surface area contributed by atoms with Gasteiger partial charge in [-0.15, -0.1) is 0 Å².